The number of hydrogen-bond acceptors (Lipinski definition) is 4. The summed E-state index contributed by atoms with van der Waals surface area (Å²) in [5, 5.41) is 3.63. The largest absolute Gasteiger partial charge is 0.301 e. The van der Waals surface area contributed by atoms with Crippen molar-refractivity contribution in [2.24, 2.45) is 0 Å². The first kappa shape index (κ1) is 15.3. The smallest absolute Gasteiger partial charge is 0.240 e. The Kier molecular flexibility index (Phi) is 4.04. The lowest BCUT2D eigenvalue weighted by molar-refractivity contribution is -0.117. The summed E-state index contributed by atoms with van der Waals surface area (Å²) in [7, 11) is 0. The lowest BCUT2D eigenvalue weighted by atomic mass is 10.00. The molecule has 0 atom stereocenters. The third-order valence-corrected chi connectivity index (χ3v) is 5.30. The topological polar surface area (TPSA) is 45.2 Å². The molecule has 0 saturated carbocycles. The highest BCUT2D eigenvalue weighted by molar-refractivity contribution is 7.22. The molecule has 3 aromatic rings. The third kappa shape index (κ3) is 3.18. The standard InChI is InChI=1S/C19H19N3OS/c1-13-6-7-16-17(10-13)24-19(20-16)21-18(23)12-22-9-8-14-4-2-3-5-15(14)11-22/h2-7,10H,8-9,11-12H2,1H3,(H,20,21,23). The molecule has 2 heterocycles. The number of aromatic nitrogens is 1. The van der Waals surface area contributed by atoms with Crippen LogP contribution in [-0.4, -0.2) is 28.9 Å². The van der Waals surface area contributed by atoms with Gasteiger partial charge >= 0.3 is 0 Å². The SMILES string of the molecule is Cc1ccc2nc(NC(=O)CN3CCc4ccccc4C3)sc2c1. The van der Waals surface area contributed by atoms with E-state index in [0.29, 0.717) is 11.7 Å². The molecule has 0 radical (unpaired) electrons. The molecule has 0 spiro atoms. The molecule has 1 amide bonds. The zero-order chi connectivity index (χ0) is 16.5. The normalized spacial score (nSPS) is 14.5. The van der Waals surface area contributed by atoms with E-state index in [1.165, 1.54) is 28.0 Å². The van der Waals surface area contributed by atoms with Crippen molar-refractivity contribution in [3.8, 4) is 0 Å². The fraction of sp³-hybridized carbons (Fsp3) is 0.263. The third-order valence-electron chi connectivity index (χ3n) is 4.37. The average Bonchev–Trinajstić information content (AvgIpc) is 2.95. The van der Waals surface area contributed by atoms with E-state index < -0.39 is 0 Å². The summed E-state index contributed by atoms with van der Waals surface area (Å²) in [5.41, 5.74) is 4.87. The second kappa shape index (κ2) is 6.34. The van der Waals surface area contributed by atoms with Crippen LogP contribution in [0.2, 0.25) is 0 Å². The molecule has 0 fully saturated rings. The molecule has 1 aromatic heterocycles. The second-order valence-corrected chi connectivity index (χ2v) is 7.30. The van der Waals surface area contributed by atoms with Crippen LogP contribution in [0.3, 0.4) is 0 Å². The van der Waals surface area contributed by atoms with Crippen molar-refractivity contribution in [3.05, 3.63) is 59.2 Å². The minimum Gasteiger partial charge on any atom is -0.301 e. The van der Waals surface area contributed by atoms with Crippen LogP contribution in [0.15, 0.2) is 42.5 Å². The number of nitrogens with one attached hydrogen (secondary N) is 1. The van der Waals surface area contributed by atoms with Gasteiger partial charge in [0.2, 0.25) is 5.91 Å². The molecule has 1 N–H and O–H groups in total. The van der Waals surface area contributed by atoms with Crippen LogP contribution in [0.1, 0.15) is 16.7 Å². The van der Waals surface area contributed by atoms with E-state index in [9.17, 15) is 4.79 Å². The molecule has 5 heteroatoms. The van der Waals surface area contributed by atoms with Gasteiger partial charge in [0.05, 0.1) is 16.8 Å². The molecular formula is C19H19N3OS. The summed E-state index contributed by atoms with van der Waals surface area (Å²) in [6.45, 7) is 4.22. The second-order valence-electron chi connectivity index (χ2n) is 6.27. The average molecular weight is 337 g/mol. The lowest BCUT2D eigenvalue weighted by Gasteiger charge is -2.27. The number of hydrogen-bond donors (Lipinski definition) is 1. The number of amides is 1. The lowest BCUT2D eigenvalue weighted by Crippen LogP contribution is -2.37. The van der Waals surface area contributed by atoms with E-state index in [2.05, 4.69) is 52.5 Å². The maximum Gasteiger partial charge on any atom is 0.240 e. The van der Waals surface area contributed by atoms with Crippen molar-refractivity contribution < 1.29 is 4.79 Å². The van der Waals surface area contributed by atoms with Crippen molar-refractivity contribution >= 4 is 32.6 Å². The van der Waals surface area contributed by atoms with E-state index >= 15 is 0 Å². The quantitative estimate of drug-likeness (QED) is 0.794. The highest BCUT2D eigenvalue weighted by Crippen LogP contribution is 2.26. The van der Waals surface area contributed by atoms with Gasteiger partial charge < -0.3 is 5.32 Å². The summed E-state index contributed by atoms with van der Waals surface area (Å²) in [6.07, 6.45) is 1.00. The summed E-state index contributed by atoms with van der Waals surface area (Å²) in [4.78, 5) is 19.0. The minimum atomic E-state index is 0.00478. The Morgan fingerprint density at radius 2 is 2.08 bits per heavy atom. The first-order chi connectivity index (χ1) is 11.7. The maximum absolute atomic E-state index is 12.4. The Morgan fingerprint density at radius 3 is 2.96 bits per heavy atom. The minimum absolute atomic E-state index is 0.00478. The zero-order valence-electron chi connectivity index (χ0n) is 13.6. The van der Waals surface area contributed by atoms with Crippen LogP contribution < -0.4 is 5.32 Å². The molecule has 1 aliphatic heterocycles. The molecule has 0 bridgehead atoms. The van der Waals surface area contributed by atoms with Crippen LogP contribution in [0.25, 0.3) is 10.2 Å². The van der Waals surface area contributed by atoms with Crippen molar-refractivity contribution in [1.29, 1.82) is 0 Å². The fourth-order valence-corrected chi connectivity index (χ4v) is 4.12. The number of benzene rings is 2. The molecule has 4 nitrogen and oxygen atoms in total. The molecule has 1 aliphatic rings. The molecule has 2 aromatic carbocycles. The Morgan fingerprint density at radius 1 is 1.25 bits per heavy atom. The summed E-state index contributed by atoms with van der Waals surface area (Å²) in [6, 6.07) is 14.6. The highest BCUT2D eigenvalue weighted by atomic mass is 32.1. The number of carbonyl (C=O) groups is 1. The van der Waals surface area contributed by atoms with Gasteiger partial charge in [-0.3, -0.25) is 9.69 Å². The summed E-state index contributed by atoms with van der Waals surface area (Å²) in [5.74, 6) is 0.00478. The predicted octanol–water partition coefficient (Wildman–Crippen LogP) is 3.60. The van der Waals surface area contributed by atoms with Gasteiger partial charge in [0.25, 0.3) is 0 Å². The van der Waals surface area contributed by atoms with Gasteiger partial charge in [0.1, 0.15) is 0 Å². The first-order valence-corrected chi connectivity index (χ1v) is 8.95. The Bertz CT molecular complexity index is 903. The number of carbonyl (C=O) groups excluding carboxylic acids is 1. The zero-order valence-corrected chi connectivity index (χ0v) is 14.4. The van der Waals surface area contributed by atoms with Crippen LogP contribution in [0.5, 0.6) is 0 Å². The molecule has 4 rings (SSSR count). The fourth-order valence-electron chi connectivity index (χ4n) is 3.14. The van der Waals surface area contributed by atoms with E-state index in [1.807, 2.05) is 12.1 Å². The monoisotopic (exact) mass is 337 g/mol. The molecule has 0 unspecified atom stereocenters. The van der Waals surface area contributed by atoms with E-state index in [0.717, 1.165) is 29.7 Å². The van der Waals surface area contributed by atoms with Gasteiger partial charge in [0, 0.05) is 13.1 Å². The van der Waals surface area contributed by atoms with Gasteiger partial charge in [-0.25, -0.2) is 4.98 Å². The number of rotatable bonds is 3. The van der Waals surface area contributed by atoms with Gasteiger partial charge in [-0.2, -0.15) is 0 Å². The molecule has 24 heavy (non-hydrogen) atoms. The molecule has 0 aliphatic carbocycles. The summed E-state index contributed by atoms with van der Waals surface area (Å²) >= 11 is 1.53. The first-order valence-electron chi connectivity index (χ1n) is 8.13. The van der Waals surface area contributed by atoms with Gasteiger partial charge in [-0.05, 0) is 42.2 Å². The van der Waals surface area contributed by atoms with Gasteiger partial charge in [0.15, 0.2) is 5.13 Å². The highest BCUT2D eigenvalue weighted by Gasteiger charge is 2.18. The van der Waals surface area contributed by atoms with E-state index in [1.54, 1.807) is 0 Å². The number of aryl methyl sites for hydroxylation is 1. The Balaban J connectivity index is 1.41. The number of fused-ring (bicyclic) bond motifs is 2. The van der Waals surface area contributed by atoms with Gasteiger partial charge in [-0.15, -0.1) is 0 Å². The molecule has 122 valence electrons. The number of nitrogens with zero attached hydrogens (tertiary/aromatic N) is 2. The van der Waals surface area contributed by atoms with Crippen LogP contribution in [0.4, 0.5) is 5.13 Å². The number of anilines is 1. The van der Waals surface area contributed by atoms with Crippen LogP contribution in [-0.2, 0) is 17.8 Å². The van der Waals surface area contributed by atoms with E-state index in [-0.39, 0.29) is 5.91 Å². The number of thiazole rings is 1. The van der Waals surface area contributed by atoms with Gasteiger partial charge in [-0.1, -0.05) is 41.7 Å². The van der Waals surface area contributed by atoms with Crippen molar-refractivity contribution in [3.63, 3.8) is 0 Å². The van der Waals surface area contributed by atoms with E-state index in [4.69, 9.17) is 0 Å². The summed E-state index contributed by atoms with van der Waals surface area (Å²) < 4.78 is 1.11. The van der Waals surface area contributed by atoms with Crippen molar-refractivity contribution in [2.45, 2.75) is 19.9 Å². The molecular weight excluding hydrogens is 318 g/mol. The van der Waals surface area contributed by atoms with Crippen molar-refractivity contribution in [2.75, 3.05) is 18.4 Å². The molecule has 0 saturated heterocycles. The Labute approximate surface area is 145 Å². The van der Waals surface area contributed by atoms with Crippen LogP contribution >= 0.6 is 11.3 Å². The Hall–Kier alpha value is -2.24. The maximum atomic E-state index is 12.4. The predicted molar refractivity (Wildman–Crippen MR) is 98.4 cm³/mol. The van der Waals surface area contributed by atoms with Crippen molar-refractivity contribution in [1.82, 2.24) is 9.88 Å². The van der Waals surface area contributed by atoms with Crippen LogP contribution in [0, 0.1) is 6.92 Å².